The van der Waals surface area contributed by atoms with Gasteiger partial charge in [0.05, 0.1) is 28.5 Å². The van der Waals surface area contributed by atoms with E-state index in [4.69, 9.17) is 4.98 Å². The second-order valence-electron chi connectivity index (χ2n) is 14.0. The summed E-state index contributed by atoms with van der Waals surface area (Å²) >= 11 is 0. The van der Waals surface area contributed by atoms with Gasteiger partial charge in [-0.2, -0.15) is 0 Å². The minimum Gasteiger partial charge on any atom is -0.376 e. The van der Waals surface area contributed by atoms with Crippen LogP contribution in [0.3, 0.4) is 0 Å². The van der Waals surface area contributed by atoms with Crippen LogP contribution in [0.25, 0.3) is 55.1 Å². The number of hydrogen-bond acceptors (Lipinski definition) is 2. The van der Waals surface area contributed by atoms with E-state index < -0.39 is 0 Å². The van der Waals surface area contributed by atoms with Crippen LogP contribution in [0.2, 0.25) is 0 Å². The Labute approximate surface area is 246 Å². The lowest BCUT2D eigenvalue weighted by molar-refractivity contribution is 0.340. The van der Waals surface area contributed by atoms with Crippen LogP contribution in [-0.4, -0.2) is 13.8 Å². The number of nitrogens with zero attached hydrogens (tertiary/aromatic N) is 3. The van der Waals surface area contributed by atoms with E-state index in [-0.39, 0.29) is 16.9 Å². The molecule has 1 N–H and O–H groups in total. The number of aromatic nitrogens is 3. The van der Waals surface area contributed by atoms with Gasteiger partial charge in [0.25, 0.3) is 0 Å². The molecule has 2 aromatic carbocycles. The van der Waals surface area contributed by atoms with E-state index >= 15 is 0 Å². The van der Waals surface area contributed by atoms with Crippen LogP contribution >= 0.6 is 0 Å². The molecule has 1 atom stereocenters. The lowest BCUT2D eigenvalue weighted by Crippen LogP contribution is -2.29. The summed E-state index contributed by atoms with van der Waals surface area (Å²) in [6.07, 6.45) is 4.40. The van der Waals surface area contributed by atoms with Crippen molar-refractivity contribution in [2.45, 2.75) is 53.0 Å². The summed E-state index contributed by atoms with van der Waals surface area (Å²) in [5, 5.41) is 6.30. The SMILES string of the molecule is CC(C)(C)c1nc2cc(-c3ccn4c5c(cc4c3)-c3ccccc3NC5C(C)(C)C)ccc2c2cc3ccccn3c12. The molecule has 0 bridgehead atoms. The molecule has 0 amide bonds. The first-order valence-corrected chi connectivity index (χ1v) is 14.9. The van der Waals surface area contributed by atoms with Crippen LogP contribution in [-0.2, 0) is 5.41 Å². The largest absolute Gasteiger partial charge is 0.376 e. The first kappa shape index (κ1) is 25.2. The van der Waals surface area contributed by atoms with Gasteiger partial charge in [-0.15, -0.1) is 0 Å². The molecule has 0 spiro atoms. The van der Waals surface area contributed by atoms with Crippen molar-refractivity contribution in [3.8, 4) is 22.3 Å². The lowest BCUT2D eigenvalue weighted by Gasteiger charge is -2.37. The van der Waals surface area contributed by atoms with E-state index in [1.807, 2.05) is 0 Å². The molecule has 42 heavy (non-hydrogen) atoms. The Bertz CT molecular complexity index is 2200. The average Bonchev–Trinajstić information content (AvgIpc) is 3.54. The summed E-state index contributed by atoms with van der Waals surface area (Å²) in [7, 11) is 0. The molecule has 8 rings (SSSR count). The number of fused-ring (bicyclic) bond motifs is 10. The van der Waals surface area contributed by atoms with E-state index in [9.17, 15) is 0 Å². The third-order valence-electron chi connectivity index (χ3n) is 8.94. The van der Waals surface area contributed by atoms with Crippen molar-refractivity contribution in [1.29, 1.82) is 0 Å². The van der Waals surface area contributed by atoms with Crippen LogP contribution in [0.1, 0.15) is 59.0 Å². The Kier molecular flexibility index (Phi) is 5.08. The Morgan fingerprint density at radius 2 is 1.45 bits per heavy atom. The third-order valence-corrected chi connectivity index (χ3v) is 8.94. The predicted octanol–water partition coefficient (Wildman–Crippen LogP) is 10.0. The van der Waals surface area contributed by atoms with Gasteiger partial charge in [0.2, 0.25) is 0 Å². The van der Waals surface area contributed by atoms with Crippen LogP contribution in [0.15, 0.2) is 97.3 Å². The van der Waals surface area contributed by atoms with E-state index in [1.54, 1.807) is 0 Å². The molecule has 0 radical (unpaired) electrons. The van der Waals surface area contributed by atoms with Crippen molar-refractivity contribution in [2.75, 3.05) is 5.32 Å². The molecule has 6 heterocycles. The molecule has 0 saturated heterocycles. The summed E-state index contributed by atoms with van der Waals surface area (Å²) in [6.45, 7) is 13.7. The molecule has 1 aliphatic rings. The van der Waals surface area contributed by atoms with Crippen LogP contribution in [0.4, 0.5) is 5.69 Å². The first-order valence-electron chi connectivity index (χ1n) is 14.9. The number of anilines is 1. The zero-order chi connectivity index (χ0) is 29.0. The van der Waals surface area contributed by atoms with Gasteiger partial charge in [0.1, 0.15) is 0 Å². The zero-order valence-corrected chi connectivity index (χ0v) is 25.2. The fraction of sp³-hybridized carbons (Fsp3) is 0.237. The quantitative estimate of drug-likeness (QED) is 0.221. The molecule has 7 aromatic rings. The Balaban J connectivity index is 1.32. The van der Waals surface area contributed by atoms with Crippen molar-refractivity contribution < 1.29 is 0 Å². The molecule has 1 aliphatic heterocycles. The third kappa shape index (κ3) is 3.64. The summed E-state index contributed by atoms with van der Waals surface area (Å²) in [4.78, 5) is 5.33. The van der Waals surface area contributed by atoms with Gasteiger partial charge < -0.3 is 14.1 Å². The summed E-state index contributed by atoms with van der Waals surface area (Å²) in [6, 6.07) is 31.3. The van der Waals surface area contributed by atoms with Crippen molar-refractivity contribution >= 4 is 38.5 Å². The maximum atomic E-state index is 5.33. The number of hydrogen-bond donors (Lipinski definition) is 1. The number of benzene rings is 2. The van der Waals surface area contributed by atoms with E-state index in [0.29, 0.717) is 0 Å². The average molecular weight is 549 g/mol. The molecular formula is C38H36N4. The number of nitrogens with one attached hydrogen (secondary N) is 1. The standard InChI is InChI=1S/C38H36N4/c1-37(2,3)35-34-30(27-12-7-8-13-31(27)39-35)22-26-19-24(16-18-42(26)34)23-14-15-28-29-21-25-11-9-10-17-41(25)33(29)36(38(4,5)6)40-32(28)20-23/h7-22,35,39H,1-6H3. The van der Waals surface area contributed by atoms with Crippen molar-refractivity contribution in [3.63, 3.8) is 0 Å². The minimum absolute atomic E-state index is 0.0548. The smallest absolute Gasteiger partial charge is 0.0757 e. The van der Waals surface area contributed by atoms with Gasteiger partial charge in [-0.25, -0.2) is 0 Å². The topological polar surface area (TPSA) is 33.7 Å². The highest BCUT2D eigenvalue weighted by Gasteiger charge is 2.35. The van der Waals surface area contributed by atoms with Gasteiger partial charge in [0.15, 0.2) is 0 Å². The molecule has 0 fully saturated rings. The maximum absolute atomic E-state index is 5.33. The summed E-state index contributed by atoms with van der Waals surface area (Å²) in [5.41, 5.74) is 13.3. The van der Waals surface area contributed by atoms with Crippen LogP contribution in [0.5, 0.6) is 0 Å². The Hall–Kier alpha value is -4.57. The highest BCUT2D eigenvalue weighted by atomic mass is 15.0. The normalized spacial score (nSPS) is 15.3. The number of para-hydroxylation sites is 1. The van der Waals surface area contributed by atoms with Crippen molar-refractivity contribution in [2.24, 2.45) is 5.41 Å². The molecule has 4 heteroatoms. The van der Waals surface area contributed by atoms with Crippen LogP contribution < -0.4 is 5.32 Å². The highest BCUT2D eigenvalue weighted by molar-refractivity contribution is 6.09. The number of pyridine rings is 3. The second-order valence-corrected chi connectivity index (χ2v) is 14.0. The Morgan fingerprint density at radius 3 is 2.26 bits per heavy atom. The van der Waals surface area contributed by atoms with Gasteiger partial charge in [0, 0.05) is 56.4 Å². The molecular weight excluding hydrogens is 512 g/mol. The lowest BCUT2D eigenvalue weighted by atomic mass is 9.80. The van der Waals surface area contributed by atoms with E-state index in [1.165, 1.54) is 61.0 Å². The molecule has 208 valence electrons. The van der Waals surface area contributed by atoms with Crippen molar-refractivity contribution in [3.05, 3.63) is 109 Å². The van der Waals surface area contributed by atoms with Crippen LogP contribution in [0, 0.1) is 5.41 Å². The summed E-state index contributed by atoms with van der Waals surface area (Å²) < 4.78 is 4.67. The maximum Gasteiger partial charge on any atom is 0.0757 e. The van der Waals surface area contributed by atoms with Gasteiger partial charge >= 0.3 is 0 Å². The molecule has 0 aliphatic carbocycles. The second kappa shape index (κ2) is 8.48. The number of rotatable bonds is 1. The zero-order valence-electron chi connectivity index (χ0n) is 25.2. The molecule has 5 aromatic heterocycles. The predicted molar refractivity (Wildman–Crippen MR) is 177 cm³/mol. The Morgan fingerprint density at radius 1 is 0.667 bits per heavy atom. The van der Waals surface area contributed by atoms with Gasteiger partial charge in [-0.1, -0.05) is 77.9 Å². The van der Waals surface area contributed by atoms with Crippen molar-refractivity contribution in [1.82, 2.24) is 13.8 Å². The molecule has 4 nitrogen and oxygen atoms in total. The fourth-order valence-corrected chi connectivity index (χ4v) is 6.88. The molecule has 1 unspecified atom stereocenters. The molecule has 0 saturated carbocycles. The minimum atomic E-state index is -0.0929. The van der Waals surface area contributed by atoms with Gasteiger partial charge in [-0.05, 0) is 65.1 Å². The fourth-order valence-electron chi connectivity index (χ4n) is 6.88. The first-order chi connectivity index (χ1) is 20.1. The van der Waals surface area contributed by atoms with E-state index in [0.717, 1.165) is 11.2 Å². The highest BCUT2D eigenvalue weighted by Crippen LogP contribution is 2.48. The monoisotopic (exact) mass is 548 g/mol. The van der Waals surface area contributed by atoms with Gasteiger partial charge in [-0.3, -0.25) is 4.98 Å². The van der Waals surface area contributed by atoms with E-state index in [2.05, 4.69) is 153 Å². The summed E-state index contributed by atoms with van der Waals surface area (Å²) in [5.74, 6) is 0.